The maximum Gasteiger partial charge on any atom is 0.228 e. The van der Waals surface area contributed by atoms with Gasteiger partial charge in [-0.3, -0.25) is 4.79 Å². The largest absolute Gasteiger partial charge is 0.493 e. The zero-order chi connectivity index (χ0) is 15.5. The number of nitrogens with one attached hydrogen (secondary N) is 1. The van der Waals surface area contributed by atoms with Crippen molar-refractivity contribution < 1.29 is 14.3 Å². The summed E-state index contributed by atoms with van der Waals surface area (Å²) in [6.07, 6.45) is 0.676. The first kappa shape index (κ1) is 14.4. The molecule has 1 aliphatic rings. The Morgan fingerprint density at radius 1 is 1.09 bits per heavy atom. The minimum Gasteiger partial charge on any atom is -0.493 e. The minimum atomic E-state index is -0.203. The fourth-order valence-corrected chi connectivity index (χ4v) is 2.91. The number of fused-ring (bicyclic) bond motifs is 1. The van der Waals surface area contributed by atoms with Crippen LogP contribution in [0.2, 0.25) is 0 Å². The molecule has 1 atom stereocenters. The molecule has 0 saturated heterocycles. The molecule has 0 bridgehead atoms. The van der Waals surface area contributed by atoms with Gasteiger partial charge in [0.1, 0.15) is 0 Å². The fourth-order valence-electron chi connectivity index (χ4n) is 2.91. The number of benzene rings is 2. The highest BCUT2D eigenvalue weighted by atomic mass is 16.5. The summed E-state index contributed by atoms with van der Waals surface area (Å²) in [5.74, 6) is 1.21. The van der Waals surface area contributed by atoms with Crippen LogP contribution in [0.15, 0.2) is 42.5 Å². The molecule has 4 heteroatoms. The zero-order valence-corrected chi connectivity index (χ0v) is 12.8. The van der Waals surface area contributed by atoms with Gasteiger partial charge in [-0.25, -0.2) is 0 Å². The van der Waals surface area contributed by atoms with Crippen molar-refractivity contribution in [2.24, 2.45) is 0 Å². The number of ether oxygens (including phenoxy) is 2. The van der Waals surface area contributed by atoms with Crippen molar-refractivity contribution in [3.63, 3.8) is 0 Å². The van der Waals surface area contributed by atoms with E-state index in [2.05, 4.69) is 5.32 Å². The minimum absolute atomic E-state index is 0.0589. The first-order valence-corrected chi connectivity index (χ1v) is 7.29. The van der Waals surface area contributed by atoms with Crippen LogP contribution in [0.3, 0.4) is 0 Å². The number of carbonyl (C=O) groups is 1. The van der Waals surface area contributed by atoms with Gasteiger partial charge in [0.2, 0.25) is 5.91 Å². The average molecular weight is 297 g/mol. The van der Waals surface area contributed by atoms with Crippen molar-refractivity contribution in [1.82, 2.24) is 5.32 Å². The molecule has 1 N–H and O–H groups in total. The van der Waals surface area contributed by atoms with E-state index in [1.807, 2.05) is 42.5 Å². The molecule has 1 unspecified atom stereocenters. The molecule has 0 saturated carbocycles. The van der Waals surface area contributed by atoms with Crippen LogP contribution in [0.4, 0.5) is 0 Å². The van der Waals surface area contributed by atoms with E-state index in [0.29, 0.717) is 24.5 Å². The maximum absolute atomic E-state index is 12.3. The molecule has 0 fully saturated rings. The first-order chi connectivity index (χ1) is 10.7. The van der Waals surface area contributed by atoms with Crippen LogP contribution in [-0.2, 0) is 17.8 Å². The second-order valence-electron chi connectivity index (χ2n) is 5.37. The van der Waals surface area contributed by atoms with Gasteiger partial charge >= 0.3 is 0 Å². The van der Waals surface area contributed by atoms with E-state index >= 15 is 0 Å². The van der Waals surface area contributed by atoms with Gasteiger partial charge in [-0.15, -0.1) is 0 Å². The monoisotopic (exact) mass is 297 g/mol. The number of rotatable bonds is 4. The lowest BCUT2D eigenvalue weighted by Crippen LogP contribution is -2.35. The molecule has 0 aromatic heterocycles. The van der Waals surface area contributed by atoms with Crippen molar-refractivity contribution >= 4 is 5.91 Å². The number of amides is 1. The first-order valence-electron chi connectivity index (χ1n) is 7.29. The van der Waals surface area contributed by atoms with Crippen molar-refractivity contribution in [3.8, 4) is 11.5 Å². The zero-order valence-electron chi connectivity index (χ0n) is 12.8. The van der Waals surface area contributed by atoms with E-state index in [1.54, 1.807) is 14.2 Å². The Labute approximate surface area is 130 Å². The molecule has 22 heavy (non-hydrogen) atoms. The summed E-state index contributed by atoms with van der Waals surface area (Å²) < 4.78 is 10.7. The highest BCUT2D eigenvalue weighted by Gasteiger charge is 2.29. The number of carbonyl (C=O) groups excluding carboxylic acids is 1. The SMILES string of the molecule is COc1cc2c(cc1OC)C(Cc1ccccc1)C(=O)NC2. The Morgan fingerprint density at radius 3 is 2.45 bits per heavy atom. The van der Waals surface area contributed by atoms with E-state index in [4.69, 9.17) is 9.47 Å². The van der Waals surface area contributed by atoms with E-state index in [9.17, 15) is 4.79 Å². The van der Waals surface area contributed by atoms with Gasteiger partial charge < -0.3 is 14.8 Å². The van der Waals surface area contributed by atoms with Crippen molar-refractivity contribution in [2.45, 2.75) is 18.9 Å². The van der Waals surface area contributed by atoms with Crippen LogP contribution in [0.25, 0.3) is 0 Å². The van der Waals surface area contributed by atoms with E-state index in [-0.39, 0.29) is 11.8 Å². The average Bonchev–Trinajstić information content (AvgIpc) is 2.57. The summed E-state index contributed by atoms with van der Waals surface area (Å²) in [7, 11) is 3.23. The topological polar surface area (TPSA) is 47.6 Å². The summed E-state index contributed by atoms with van der Waals surface area (Å²) in [5, 5.41) is 2.96. The Hall–Kier alpha value is -2.49. The number of hydrogen-bond acceptors (Lipinski definition) is 3. The Morgan fingerprint density at radius 2 is 1.77 bits per heavy atom. The molecule has 0 spiro atoms. The molecular formula is C18H19NO3. The fraction of sp³-hybridized carbons (Fsp3) is 0.278. The summed E-state index contributed by atoms with van der Waals surface area (Å²) in [6, 6.07) is 13.9. The molecular weight excluding hydrogens is 278 g/mol. The molecule has 114 valence electrons. The summed E-state index contributed by atoms with van der Waals surface area (Å²) in [6.45, 7) is 0.528. The van der Waals surface area contributed by atoms with Crippen LogP contribution in [0.5, 0.6) is 11.5 Å². The van der Waals surface area contributed by atoms with Crippen LogP contribution in [0, 0.1) is 0 Å². The predicted molar refractivity (Wildman–Crippen MR) is 84.3 cm³/mol. The van der Waals surface area contributed by atoms with Gasteiger partial charge in [-0.2, -0.15) is 0 Å². The van der Waals surface area contributed by atoms with E-state index in [0.717, 1.165) is 16.7 Å². The van der Waals surface area contributed by atoms with Gasteiger partial charge in [0, 0.05) is 6.54 Å². The molecule has 2 aromatic carbocycles. The normalized spacial score (nSPS) is 16.6. The maximum atomic E-state index is 12.3. The highest BCUT2D eigenvalue weighted by Crippen LogP contribution is 2.37. The molecule has 2 aromatic rings. The number of methoxy groups -OCH3 is 2. The summed E-state index contributed by atoms with van der Waals surface area (Å²) in [4.78, 5) is 12.3. The predicted octanol–water partition coefficient (Wildman–Crippen LogP) is 2.66. The third-order valence-corrected chi connectivity index (χ3v) is 4.07. The second kappa shape index (κ2) is 6.10. The van der Waals surface area contributed by atoms with Crippen molar-refractivity contribution in [3.05, 3.63) is 59.2 Å². The molecule has 0 radical (unpaired) electrons. The lowest BCUT2D eigenvalue weighted by Gasteiger charge is -2.27. The molecule has 1 heterocycles. The lowest BCUT2D eigenvalue weighted by molar-refractivity contribution is -0.123. The Bertz CT molecular complexity index is 682. The Kier molecular flexibility index (Phi) is 4.00. The van der Waals surface area contributed by atoms with Gasteiger partial charge in [-0.1, -0.05) is 30.3 Å². The highest BCUT2D eigenvalue weighted by molar-refractivity contribution is 5.86. The Balaban J connectivity index is 2.00. The summed E-state index contributed by atoms with van der Waals surface area (Å²) >= 11 is 0. The van der Waals surface area contributed by atoms with Gasteiger partial charge in [-0.05, 0) is 35.2 Å². The van der Waals surface area contributed by atoms with E-state index < -0.39 is 0 Å². The van der Waals surface area contributed by atoms with Gasteiger partial charge in [0.25, 0.3) is 0 Å². The molecule has 1 aliphatic heterocycles. The van der Waals surface area contributed by atoms with Crippen molar-refractivity contribution in [1.29, 1.82) is 0 Å². The molecule has 4 nitrogen and oxygen atoms in total. The van der Waals surface area contributed by atoms with Gasteiger partial charge in [0.05, 0.1) is 20.1 Å². The van der Waals surface area contributed by atoms with Crippen molar-refractivity contribution in [2.75, 3.05) is 14.2 Å². The van der Waals surface area contributed by atoms with Crippen LogP contribution >= 0.6 is 0 Å². The standard InChI is InChI=1S/C18H19NO3/c1-21-16-9-13-11-19-18(20)15(14(13)10-17(16)22-2)8-12-6-4-3-5-7-12/h3-7,9-10,15H,8,11H2,1-2H3,(H,19,20). The lowest BCUT2D eigenvalue weighted by atomic mass is 9.85. The van der Waals surface area contributed by atoms with Crippen LogP contribution in [0.1, 0.15) is 22.6 Å². The third kappa shape index (κ3) is 2.64. The molecule has 3 rings (SSSR count). The third-order valence-electron chi connectivity index (χ3n) is 4.07. The summed E-state index contributed by atoms with van der Waals surface area (Å²) in [5.41, 5.74) is 3.24. The molecule has 1 amide bonds. The van der Waals surface area contributed by atoms with Gasteiger partial charge in [0.15, 0.2) is 11.5 Å². The molecule has 0 aliphatic carbocycles. The second-order valence-corrected chi connectivity index (χ2v) is 5.37. The smallest absolute Gasteiger partial charge is 0.228 e. The quantitative estimate of drug-likeness (QED) is 0.944. The van der Waals surface area contributed by atoms with Crippen LogP contribution < -0.4 is 14.8 Å². The van der Waals surface area contributed by atoms with Crippen LogP contribution in [-0.4, -0.2) is 20.1 Å². The number of hydrogen-bond donors (Lipinski definition) is 1. The van der Waals surface area contributed by atoms with E-state index in [1.165, 1.54) is 0 Å².